The minimum absolute atomic E-state index is 0.108. The molecule has 46 heavy (non-hydrogen) atoms. The normalized spacial score (nSPS) is 12.7. The Balaban J connectivity index is 3.34. The van der Waals surface area contributed by atoms with Crippen LogP contribution in [0.4, 0.5) is 0 Å². The molecular formula is C41H80O5. The van der Waals surface area contributed by atoms with E-state index in [2.05, 4.69) is 20.8 Å². The fourth-order valence-electron chi connectivity index (χ4n) is 6.12. The van der Waals surface area contributed by atoms with Crippen molar-refractivity contribution in [1.82, 2.24) is 0 Å². The number of carbonyl (C=O) groups excluding carboxylic acids is 2. The van der Waals surface area contributed by atoms with Crippen LogP contribution < -0.4 is 0 Å². The molecule has 0 spiro atoms. The number of rotatable bonds is 37. The number of esters is 2. The fraction of sp³-hybridized carbons (Fsp3) is 0.951. The highest BCUT2D eigenvalue weighted by molar-refractivity contribution is 5.69. The molecule has 0 saturated carbocycles. The summed E-state index contributed by atoms with van der Waals surface area (Å²) < 4.78 is 10.3. The Morgan fingerprint density at radius 2 is 0.739 bits per heavy atom. The van der Waals surface area contributed by atoms with E-state index in [9.17, 15) is 14.7 Å². The quantitative estimate of drug-likeness (QED) is 0.0534. The molecule has 0 radical (unpaired) electrons. The smallest absolute Gasteiger partial charge is 0.305 e. The maximum absolute atomic E-state index is 12.0. The predicted octanol–water partition coefficient (Wildman–Crippen LogP) is 12.6. The van der Waals surface area contributed by atoms with Gasteiger partial charge in [-0.2, -0.15) is 0 Å². The maximum Gasteiger partial charge on any atom is 0.305 e. The zero-order chi connectivity index (χ0) is 33.8. The van der Waals surface area contributed by atoms with E-state index in [1.165, 1.54) is 167 Å². The molecule has 5 nitrogen and oxygen atoms in total. The monoisotopic (exact) mass is 653 g/mol. The van der Waals surface area contributed by atoms with Gasteiger partial charge in [0.15, 0.2) is 0 Å². The van der Waals surface area contributed by atoms with Gasteiger partial charge in [-0.3, -0.25) is 9.59 Å². The molecule has 0 fully saturated rings. The summed E-state index contributed by atoms with van der Waals surface area (Å²) in [6.45, 7) is 6.71. The standard InChI is InChI=1S/C41H80O5/c1-4-6-7-8-9-10-22-25-28-31-34-40(43)45-36-39(42)37-46-41(44)35-32-29-26-23-20-18-16-14-12-11-13-15-17-19-21-24-27-30-33-38(3)5-2/h38-39,42H,4-37H2,1-3H3/t38?,39-/m1/s1. The van der Waals surface area contributed by atoms with Gasteiger partial charge in [-0.15, -0.1) is 0 Å². The summed E-state index contributed by atoms with van der Waals surface area (Å²) in [4.78, 5) is 23.9. The van der Waals surface area contributed by atoms with Gasteiger partial charge in [-0.05, 0) is 18.8 Å². The molecule has 0 amide bonds. The molecule has 2 atom stereocenters. The minimum Gasteiger partial charge on any atom is -0.463 e. The van der Waals surface area contributed by atoms with Crippen molar-refractivity contribution in [3.8, 4) is 0 Å². The van der Waals surface area contributed by atoms with Gasteiger partial charge in [0.1, 0.15) is 19.3 Å². The largest absolute Gasteiger partial charge is 0.463 e. The molecule has 274 valence electrons. The van der Waals surface area contributed by atoms with Crippen LogP contribution in [0, 0.1) is 5.92 Å². The van der Waals surface area contributed by atoms with Crippen LogP contribution in [0.5, 0.6) is 0 Å². The minimum atomic E-state index is -0.954. The lowest BCUT2D eigenvalue weighted by molar-refractivity contribution is -0.152. The van der Waals surface area contributed by atoms with Crippen molar-refractivity contribution >= 4 is 11.9 Å². The van der Waals surface area contributed by atoms with Gasteiger partial charge in [-0.25, -0.2) is 0 Å². The summed E-state index contributed by atoms with van der Waals surface area (Å²) >= 11 is 0. The van der Waals surface area contributed by atoms with Gasteiger partial charge in [-0.1, -0.05) is 201 Å². The number of hydrogen-bond acceptors (Lipinski definition) is 5. The van der Waals surface area contributed by atoms with Crippen molar-refractivity contribution in [3.63, 3.8) is 0 Å². The second-order valence-corrected chi connectivity index (χ2v) is 14.4. The summed E-state index contributed by atoms with van der Waals surface area (Å²) in [5, 5.41) is 9.99. The number of ether oxygens (including phenoxy) is 2. The lowest BCUT2D eigenvalue weighted by Gasteiger charge is -2.12. The molecular weight excluding hydrogens is 572 g/mol. The first-order valence-electron chi connectivity index (χ1n) is 20.5. The van der Waals surface area contributed by atoms with E-state index in [0.29, 0.717) is 12.8 Å². The van der Waals surface area contributed by atoms with Crippen LogP contribution in [0.25, 0.3) is 0 Å². The number of carbonyl (C=O) groups is 2. The van der Waals surface area contributed by atoms with Crippen LogP contribution >= 0.6 is 0 Å². The molecule has 0 aliphatic rings. The van der Waals surface area contributed by atoms with E-state index < -0.39 is 6.10 Å². The first kappa shape index (κ1) is 44.9. The van der Waals surface area contributed by atoms with Crippen LogP contribution in [-0.2, 0) is 19.1 Å². The molecule has 5 heteroatoms. The van der Waals surface area contributed by atoms with Crippen molar-refractivity contribution < 1.29 is 24.2 Å². The van der Waals surface area contributed by atoms with E-state index in [1.807, 2.05) is 0 Å². The Bertz CT molecular complexity index is 636. The van der Waals surface area contributed by atoms with Crippen LogP contribution in [0.2, 0.25) is 0 Å². The highest BCUT2D eigenvalue weighted by atomic mass is 16.6. The van der Waals surface area contributed by atoms with E-state index in [1.54, 1.807) is 0 Å². The van der Waals surface area contributed by atoms with Gasteiger partial charge in [0.05, 0.1) is 0 Å². The Kier molecular flexibility index (Phi) is 35.9. The number of unbranched alkanes of at least 4 members (excludes halogenated alkanes) is 26. The average molecular weight is 653 g/mol. The van der Waals surface area contributed by atoms with Gasteiger partial charge in [0, 0.05) is 12.8 Å². The Morgan fingerprint density at radius 1 is 0.457 bits per heavy atom. The van der Waals surface area contributed by atoms with Gasteiger partial charge in [0.2, 0.25) is 0 Å². The summed E-state index contributed by atoms with van der Waals surface area (Å²) in [7, 11) is 0. The molecule has 1 N–H and O–H groups in total. The SMILES string of the molecule is CCCCCCCCCCCCC(=O)OC[C@@H](O)COC(=O)CCCCCCCCCCCCCCCCCCCCC(C)CC. The molecule has 0 aliphatic carbocycles. The molecule has 0 aliphatic heterocycles. The van der Waals surface area contributed by atoms with Crippen molar-refractivity contribution in [2.24, 2.45) is 5.92 Å². The Labute approximate surface area is 287 Å². The second-order valence-electron chi connectivity index (χ2n) is 14.4. The summed E-state index contributed by atoms with van der Waals surface area (Å²) in [6, 6.07) is 0. The van der Waals surface area contributed by atoms with Gasteiger partial charge >= 0.3 is 11.9 Å². The van der Waals surface area contributed by atoms with Crippen molar-refractivity contribution in [2.75, 3.05) is 13.2 Å². The van der Waals surface area contributed by atoms with E-state index in [-0.39, 0.29) is 25.2 Å². The van der Waals surface area contributed by atoms with Crippen LogP contribution in [0.3, 0.4) is 0 Å². The lowest BCUT2D eigenvalue weighted by Crippen LogP contribution is -2.25. The number of aliphatic hydroxyl groups excluding tert-OH is 1. The molecule has 0 rings (SSSR count). The molecule has 0 bridgehead atoms. The maximum atomic E-state index is 12.0. The van der Waals surface area contributed by atoms with E-state index in [0.717, 1.165) is 31.6 Å². The van der Waals surface area contributed by atoms with Crippen molar-refractivity contribution in [1.29, 1.82) is 0 Å². The Hall–Kier alpha value is -1.10. The topological polar surface area (TPSA) is 72.8 Å². The number of aliphatic hydroxyl groups is 1. The average Bonchev–Trinajstić information content (AvgIpc) is 3.06. The fourth-order valence-corrected chi connectivity index (χ4v) is 6.12. The third-order valence-corrected chi connectivity index (χ3v) is 9.63. The van der Waals surface area contributed by atoms with E-state index >= 15 is 0 Å². The molecule has 0 aromatic heterocycles. The lowest BCUT2D eigenvalue weighted by atomic mass is 9.99. The van der Waals surface area contributed by atoms with Crippen molar-refractivity contribution in [3.05, 3.63) is 0 Å². The van der Waals surface area contributed by atoms with Gasteiger partial charge < -0.3 is 14.6 Å². The zero-order valence-corrected chi connectivity index (χ0v) is 31.3. The summed E-state index contributed by atoms with van der Waals surface area (Å²) in [6.07, 6.45) is 38.8. The Morgan fingerprint density at radius 3 is 1.04 bits per heavy atom. The summed E-state index contributed by atoms with van der Waals surface area (Å²) in [5.74, 6) is 0.363. The highest BCUT2D eigenvalue weighted by Crippen LogP contribution is 2.17. The summed E-state index contributed by atoms with van der Waals surface area (Å²) in [5.41, 5.74) is 0. The molecule has 0 aromatic rings. The second kappa shape index (κ2) is 36.7. The van der Waals surface area contributed by atoms with Crippen LogP contribution in [-0.4, -0.2) is 36.4 Å². The molecule has 0 saturated heterocycles. The number of hydrogen-bond donors (Lipinski definition) is 1. The highest BCUT2D eigenvalue weighted by Gasteiger charge is 2.12. The van der Waals surface area contributed by atoms with Crippen LogP contribution in [0.15, 0.2) is 0 Å². The van der Waals surface area contributed by atoms with Crippen LogP contribution in [0.1, 0.15) is 226 Å². The van der Waals surface area contributed by atoms with Gasteiger partial charge in [0.25, 0.3) is 0 Å². The molecule has 1 unspecified atom stereocenters. The zero-order valence-electron chi connectivity index (χ0n) is 31.3. The molecule has 0 heterocycles. The predicted molar refractivity (Wildman–Crippen MR) is 196 cm³/mol. The van der Waals surface area contributed by atoms with E-state index in [4.69, 9.17) is 9.47 Å². The first-order valence-corrected chi connectivity index (χ1v) is 20.5. The first-order chi connectivity index (χ1) is 22.5. The van der Waals surface area contributed by atoms with Crippen molar-refractivity contribution in [2.45, 2.75) is 232 Å². The molecule has 0 aromatic carbocycles. The third-order valence-electron chi connectivity index (χ3n) is 9.63. The third kappa shape index (κ3) is 35.7.